The van der Waals surface area contributed by atoms with Gasteiger partial charge < -0.3 is 20.5 Å². The molecule has 3 N–H and O–H groups in total. The van der Waals surface area contributed by atoms with E-state index in [1.54, 1.807) is 7.05 Å². The van der Waals surface area contributed by atoms with Gasteiger partial charge in [-0.05, 0) is 29.2 Å². The minimum atomic E-state index is -1.28. The van der Waals surface area contributed by atoms with Crippen molar-refractivity contribution >= 4 is 18.0 Å². The first-order valence-corrected chi connectivity index (χ1v) is 10.5. The lowest BCUT2D eigenvalue weighted by Crippen LogP contribution is -2.47. The van der Waals surface area contributed by atoms with Crippen molar-refractivity contribution in [2.45, 2.75) is 24.9 Å². The number of carbonyl (C=O) groups excluding carboxylic acids is 2. The van der Waals surface area contributed by atoms with Crippen molar-refractivity contribution in [1.82, 2.24) is 20.4 Å². The zero-order valence-corrected chi connectivity index (χ0v) is 18.2. The van der Waals surface area contributed by atoms with Crippen molar-refractivity contribution < 1.29 is 24.2 Å². The summed E-state index contributed by atoms with van der Waals surface area (Å²) < 4.78 is 6.88. The van der Waals surface area contributed by atoms with Crippen LogP contribution < -0.4 is 10.6 Å². The average molecular weight is 448 g/mol. The summed E-state index contributed by atoms with van der Waals surface area (Å²) in [5.74, 6) is -1.99. The van der Waals surface area contributed by atoms with Gasteiger partial charge in [-0.25, -0.2) is 9.59 Å². The highest BCUT2D eigenvalue weighted by Crippen LogP contribution is 2.44. The smallest absolute Gasteiger partial charge is 0.407 e. The van der Waals surface area contributed by atoms with Gasteiger partial charge in [0.2, 0.25) is 5.91 Å². The number of amides is 2. The number of carbonyl (C=O) groups is 3. The van der Waals surface area contributed by atoms with Crippen LogP contribution in [0.2, 0.25) is 0 Å². The maximum atomic E-state index is 12.5. The standard InChI is InChI=1S/C24H24N4O5/c1-14(22(29)27-21(23(30)31)15-11-25-28(2)12-15)26-24(32)33-13-20-18-9-5-3-7-16(18)17-8-4-6-10-19(17)20/h3-12,14,20-21H,13H2,1-2H3,(H,26,32)(H,27,29)(H,30,31)/t14-,21?/m0/s1. The van der Waals surface area contributed by atoms with E-state index in [2.05, 4.69) is 15.7 Å². The van der Waals surface area contributed by atoms with Crippen LogP contribution >= 0.6 is 0 Å². The van der Waals surface area contributed by atoms with Gasteiger partial charge in [-0.15, -0.1) is 0 Å². The van der Waals surface area contributed by atoms with Crippen LogP contribution in [0.15, 0.2) is 60.9 Å². The maximum absolute atomic E-state index is 12.5. The molecule has 9 nitrogen and oxygen atoms in total. The second-order valence-corrected chi connectivity index (χ2v) is 7.92. The molecule has 0 bridgehead atoms. The van der Waals surface area contributed by atoms with Gasteiger partial charge in [-0.3, -0.25) is 9.48 Å². The molecule has 0 fully saturated rings. The number of ether oxygens (including phenoxy) is 1. The summed E-state index contributed by atoms with van der Waals surface area (Å²) >= 11 is 0. The first-order chi connectivity index (χ1) is 15.8. The number of nitrogens with one attached hydrogen (secondary N) is 2. The van der Waals surface area contributed by atoms with Gasteiger partial charge in [0.25, 0.3) is 0 Å². The zero-order chi connectivity index (χ0) is 23.5. The van der Waals surface area contributed by atoms with Gasteiger partial charge in [0.1, 0.15) is 12.6 Å². The molecule has 0 spiro atoms. The minimum absolute atomic E-state index is 0.103. The summed E-state index contributed by atoms with van der Waals surface area (Å²) in [4.78, 5) is 36.5. The predicted molar refractivity (Wildman–Crippen MR) is 119 cm³/mol. The van der Waals surface area contributed by atoms with Gasteiger partial charge in [-0.1, -0.05) is 48.5 Å². The Hall–Kier alpha value is -4.14. The van der Waals surface area contributed by atoms with E-state index in [4.69, 9.17) is 4.74 Å². The predicted octanol–water partition coefficient (Wildman–Crippen LogP) is 2.59. The van der Waals surface area contributed by atoms with Crippen LogP contribution in [0.1, 0.15) is 35.6 Å². The van der Waals surface area contributed by atoms with Gasteiger partial charge in [0, 0.05) is 24.7 Å². The van der Waals surface area contributed by atoms with E-state index in [1.165, 1.54) is 24.0 Å². The molecule has 1 heterocycles. The average Bonchev–Trinajstić information content (AvgIpc) is 3.36. The fourth-order valence-electron chi connectivity index (χ4n) is 4.03. The highest BCUT2D eigenvalue weighted by molar-refractivity contribution is 5.89. The Morgan fingerprint density at radius 3 is 2.21 bits per heavy atom. The lowest BCUT2D eigenvalue weighted by atomic mass is 9.98. The molecule has 2 aromatic carbocycles. The molecule has 1 unspecified atom stereocenters. The van der Waals surface area contributed by atoms with E-state index in [0.717, 1.165) is 22.3 Å². The van der Waals surface area contributed by atoms with Crippen LogP contribution in [0.25, 0.3) is 11.1 Å². The summed E-state index contributed by atoms with van der Waals surface area (Å²) in [5.41, 5.74) is 4.72. The van der Waals surface area contributed by atoms with E-state index in [-0.39, 0.29) is 12.5 Å². The number of rotatable bonds is 7. The van der Waals surface area contributed by atoms with Crippen LogP contribution in [-0.4, -0.2) is 45.5 Å². The molecule has 0 saturated carbocycles. The number of hydrogen-bond donors (Lipinski definition) is 3. The van der Waals surface area contributed by atoms with Crippen LogP contribution in [0.3, 0.4) is 0 Å². The third-order valence-electron chi connectivity index (χ3n) is 5.66. The van der Waals surface area contributed by atoms with Gasteiger partial charge in [0.05, 0.1) is 6.20 Å². The molecule has 9 heteroatoms. The lowest BCUT2D eigenvalue weighted by molar-refractivity contribution is -0.142. The van der Waals surface area contributed by atoms with Crippen LogP contribution in [0.4, 0.5) is 4.79 Å². The van der Waals surface area contributed by atoms with Gasteiger partial charge in [0.15, 0.2) is 6.04 Å². The summed E-state index contributed by atoms with van der Waals surface area (Å²) in [6.45, 7) is 1.57. The van der Waals surface area contributed by atoms with Crippen LogP contribution in [0.5, 0.6) is 0 Å². The topological polar surface area (TPSA) is 123 Å². The molecule has 0 radical (unpaired) electrons. The quantitative estimate of drug-likeness (QED) is 0.511. The monoisotopic (exact) mass is 448 g/mol. The number of fused-ring (bicyclic) bond motifs is 3. The van der Waals surface area contributed by atoms with Crippen molar-refractivity contribution in [3.63, 3.8) is 0 Å². The fourth-order valence-corrected chi connectivity index (χ4v) is 4.03. The van der Waals surface area contributed by atoms with Crippen molar-refractivity contribution in [2.75, 3.05) is 6.61 Å². The minimum Gasteiger partial charge on any atom is -0.479 e. The molecule has 0 saturated heterocycles. The summed E-state index contributed by atoms with van der Waals surface area (Å²) in [6, 6.07) is 13.7. The molecule has 33 heavy (non-hydrogen) atoms. The maximum Gasteiger partial charge on any atom is 0.407 e. The Morgan fingerprint density at radius 2 is 1.67 bits per heavy atom. The molecule has 4 rings (SSSR count). The Morgan fingerprint density at radius 1 is 1.06 bits per heavy atom. The molecule has 1 aliphatic rings. The molecule has 1 aromatic heterocycles. The Bertz CT molecular complexity index is 1160. The normalized spacial score (nSPS) is 14.0. The van der Waals surface area contributed by atoms with E-state index in [9.17, 15) is 19.5 Å². The third-order valence-corrected chi connectivity index (χ3v) is 5.66. The number of aliphatic carboxylic acids is 1. The number of aromatic nitrogens is 2. The molecule has 0 aliphatic heterocycles. The number of nitrogens with zero attached hydrogens (tertiary/aromatic N) is 2. The van der Waals surface area contributed by atoms with Crippen molar-refractivity contribution in [1.29, 1.82) is 0 Å². The van der Waals surface area contributed by atoms with E-state index >= 15 is 0 Å². The summed E-state index contributed by atoms with van der Waals surface area (Å²) in [6.07, 6.45) is 2.11. The van der Waals surface area contributed by atoms with Crippen molar-refractivity contribution in [3.8, 4) is 11.1 Å². The second kappa shape index (κ2) is 9.15. The highest BCUT2D eigenvalue weighted by atomic mass is 16.5. The van der Waals surface area contributed by atoms with Crippen molar-refractivity contribution in [2.24, 2.45) is 7.05 Å². The van der Waals surface area contributed by atoms with Crippen molar-refractivity contribution in [3.05, 3.63) is 77.6 Å². The fraction of sp³-hybridized carbons (Fsp3) is 0.250. The number of carboxylic acids is 1. The summed E-state index contributed by atoms with van der Waals surface area (Å²) in [7, 11) is 1.64. The number of benzene rings is 2. The number of alkyl carbamates (subject to hydrolysis) is 1. The Balaban J connectivity index is 1.36. The first kappa shape index (κ1) is 22.1. The molecule has 2 amide bonds. The third kappa shape index (κ3) is 4.57. The Kier molecular flexibility index (Phi) is 6.12. The number of aryl methyl sites for hydroxylation is 1. The SMILES string of the molecule is C[C@H](NC(=O)OCC1c2ccccc2-c2ccccc21)C(=O)NC(C(=O)O)c1cnn(C)c1. The first-order valence-electron chi connectivity index (χ1n) is 10.5. The number of hydrogen-bond acceptors (Lipinski definition) is 5. The Labute approximate surface area is 190 Å². The highest BCUT2D eigenvalue weighted by Gasteiger charge is 2.30. The van der Waals surface area contributed by atoms with E-state index in [1.807, 2.05) is 48.5 Å². The zero-order valence-electron chi connectivity index (χ0n) is 18.2. The molecular formula is C24H24N4O5. The second-order valence-electron chi connectivity index (χ2n) is 7.92. The van der Waals surface area contributed by atoms with E-state index in [0.29, 0.717) is 5.56 Å². The lowest BCUT2D eigenvalue weighted by Gasteiger charge is -2.19. The molecule has 170 valence electrons. The largest absolute Gasteiger partial charge is 0.479 e. The van der Waals surface area contributed by atoms with Gasteiger partial charge >= 0.3 is 12.1 Å². The van der Waals surface area contributed by atoms with Crippen LogP contribution in [0, 0.1) is 0 Å². The molecular weight excluding hydrogens is 424 g/mol. The van der Waals surface area contributed by atoms with E-state index < -0.39 is 30.1 Å². The molecule has 2 atom stereocenters. The van der Waals surface area contributed by atoms with Crippen LogP contribution in [-0.2, 0) is 21.4 Å². The van der Waals surface area contributed by atoms with Gasteiger partial charge in [-0.2, -0.15) is 5.10 Å². The number of carboxylic acid groups (broad SMARTS) is 1. The molecule has 1 aliphatic carbocycles. The summed E-state index contributed by atoms with van der Waals surface area (Å²) in [5, 5.41) is 18.3. The molecule has 3 aromatic rings.